The summed E-state index contributed by atoms with van der Waals surface area (Å²) in [5.74, 6) is -0.977. The Morgan fingerprint density at radius 2 is 1.74 bits per heavy atom. The maximum atomic E-state index is 12.5. The number of nitrogens with zero attached hydrogens (tertiary/aromatic N) is 1. The van der Waals surface area contributed by atoms with E-state index in [1.54, 1.807) is 19.1 Å². The Hall–Kier alpha value is -3.40. The fraction of sp³-hybridized carbons (Fsp3) is 0.333. The molecule has 1 aromatic carbocycles. The first kappa shape index (κ1) is 23.9. The summed E-state index contributed by atoms with van der Waals surface area (Å²) in [5, 5.41) is 14.4. The lowest BCUT2D eigenvalue weighted by Gasteiger charge is -2.20. The minimum atomic E-state index is -0.883. The smallest absolute Gasteiger partial charge is 0.408 e. The highest BCUT2D eigenvalue weighted by Gasteiger charge is 2.23. The van der Waals surface area contributed by atoms with Gasteiger partial charge in [0.15, 0.2) is 0 Å². The molecule has 0 unspecified atom stereocenters. The Kier molecular flexibility index (Phi) is 9.01. The summed E-state index contributed by atoms with van der Waals surface area (Å²) >= 11 is 1.12. The van der Waals surface area contributed by atoms with Gasteiger partial charge in [-0.05, 0) is 37.0 Å². The van der Waals surface area contributed by atoms with Crippen molar-refractivity contribution in [3.8, 4) is 0 Å². The highest BCUT2D eigenvalue weighted by Crippen LogP contribution is 2.17. The summed E-state index contributed by atoms with van der Waals surface area (Å²) in [5.41, 5.74) is 5.87. The van der Waals surface area contributed by atoms with Crippen molar-refractivity contribution >= 4 is 35.0 Å². The summed E-state index contributed by atoms with van der Waals surface area (Å²) < 4.78 is 5.17. The first-order chi connectivity index (χ1) is 14.8. The maximum absolute atomic E-state index is 12.5. The van der Waals surface area contributed by atoms with Crippen molar-refractivity contribution in [3.63, 3.8) is 0 Å². The molecule has 3 amide bonds. The van der Waals surface area contributed by atoms with E-state index in [0.29, 0.717) is 21.9 Å². The molecule has 1 heterocycles. The third kappa shape index (κ3) is 7.74. The lowest BCUT2D eigenvalue weighted by molar-refractivity contribution is -0.124. The Balaban J connectivity index is 1.90. The highest BCUT2D eigenvalue weighted by molar-refractivity contribution is 7.16. The molecule has 4 N–H and O–H groups in total. The van der Waals surface area contributed by atoms with Gasteiger partial charge >= 0.3 is 6.09 Å². The van der Waals surface area contributed by atoms with Crippen molar-refractivity contribution in [2.75, 3.05) is 0 Å². The van der Waals surface area contributed by atoms with Crippen LogP contribution >= 0.6 is 11.3 Å². The van der Waals surface area contributed by atoms with Gasteiger partial charge in [-0.15, -0.1) is 11.3 Å². The first-order valence-corrected chi connectivity index (χ1v) is 10.5. The quantitative estimate of drug-likeness (QED) is 0.281. The zero-order valence-electron chi connectivity index (χ0n) is 17.5. The van der Waals surface area contributed by atoms with Crippen LogP contribution in [0, 0.1) is 5.92 Å². The second-order valence-electron chi connectivity index (χ2n) is 7.18. The van der Waals surface area contributed by atoms with Gasteiger partial charge in [-0.2, -0.15) is 0 Å². The molecule has 0 radical (unpaired) electrons. The zero-order valence-corrected chi connectivity index (χ0v) is 18.4. The van der Waals surface area contributed by atoms with Gasteiger partial charge < -0.3 is 15.3 Å². The third-order valence-corrected chi connectivity index (χ3v) is 5.36. The van der Waals surface area contributed by atoms with Gasteiger partial charge in [-0.25, -0.2) is 4.79 Å². The van der Waals surface area contributed by atoms with Crippen LogP contribution in [0.15, 0.2) is 47.6 Å². The van der Waals surface area contributed by atoms with Gasteiger partial charge in [0.2, 0.25) is 0 Å². The highest BCUT2D eigenvalue weighted by atomic mass is 32.1. The molecule has 0 saturated carbocycles. The molecular formula is C21H26N4O5S. The molecular weight excluding hydrogens is 420 g/mol. The second kappa shape index (κ2) is 11.7. The van der Waals surface area contributed by atoms with Crippen molar-refractivity contribution < 1.29 is 24.3 Å². The van der Waals surface area contributed by atoms with Gasteiger partial charge in [0, 0.05) is 0 Å². The van der Waals surface area contributed by atoms with E-state index in [9.17, 15) is 14.4 Å². The van der Waals surface area contributed by atoms with E-state index in [1.807, 2.05) is 44.2 Å². The average molecular weight is 447 g/mol. The van der Waals surface area contributed by atoms with Crippen LogP contribution in [-0.4, -0.2) is 34.9 Å². The fourth-order valence-electron chi connectivity index (χ4n) is 2.58. The van der Waals surface area contributed by atoms with Crippen molar-refractivity contribution in [2.24, 2.45) is 11.1 Å². The summed E-state index contributed by atoms with van der Waals surface area (Å²) in [4.78, 5) is 37.9. The third-order valence-electron chi connectivity index (χ3n) is 4.16. The lowest BCUT2D eigenvalue weighted by atomic mass is 10.0. The number of benzene rings is 1. The number of thiophene rings is 1. The molecule has 31 heavy (non-hydrogen) atoms. The number of ether oxygens (including phenoxy) is 1. The number of carbonyl (C=O) groups is 3. The molecule has 2 rings (SSSR count). The van der Waals surface area contributed by atoms with Crippen LogP contribution in [0.25, 0.3) is 0 Å². The molecule has 0 aliphatic carbocycles. The van der Waals surface area contributed by atoms with E-state index in [2.05, 4.69) is 21.3 Å². The Morgan fingerprint density at radius 3 is 2.39 bits per heavy atom. The Morgan fingerprint density at radius 1 is 1.06 bits per heavy atom. The number of nitrogens with one attached hydrogen (secondary N) is 3. The molecule has 0 saturated heterocycles. The van der Waals surface area contributed by atoms with Gasteiger partial charge in [0.1, 0.15) is 12.6 Å². The van der Waals surface area contributed by atoms with Crippen LogP contribution in [0.4, 0.5) is 4.79 Å². The number of hydrazine groups is 1. The van der Waals surface area contributed by atoms with E-state index in [4.69, 9.17) is 9.94 Å². The molecule has 0 aliphatic heterocycles. The average Bonchev–Trinajstić information content (AvgIpc) is 3.25. The predicted molar refractivity (Wildman–Crippen MR) is 117 cm³/mol. The summed E-state index contributed by atoms with van der Waals surface area (Å²) in [6, 6.07) is 11.5. The zero-order chi connectivity index (χ0) is 22.8. The van der Waals surface area contributed by atoms with Gasteiger partial charge in [0.25, 0.3) is 11.8 Å². The Labute approximate surface area is 184 Å². The standard InChI is InChI=1S/C21H26N4O5S/c1-13(2)11-16(22-21(28)30-12-15-7-5-4-6-8-15)19(26)23-24-20(27)18-10-9-17(31-18)14(3)25-29/h4-10,13,16,29H,11-12H2,1-3H3,(H,22,28)(H,23,26)(H,24,27)/t16-/m0/s1. The largest absolute Gasteiger partial charge is 0.445 e. The molecule has 10 heteroatoms. The van der Waals surface area contributed by atoms with Gasteiger partial charge in [-0.3, -0.25) is 20.4 Å². The van der Waals surface area contributed by atoms with Crippen LogP contribution in [0.3, 0.4) is 0 Å². The monoisotopic (exact) mass is 446 g/mol. The minimum Gasteiger partial charge on any atom is -0.445 e. The normalized spacial score (nSPS) is 12.2. The summed E-state index contributed by atoms with van der Waals surface area (Å²) in [7, 11) is 0. The Bertz CT molecular complexity index is 927. The topological polar surface area (TPSA) is 129 Å². The molecule has 0 aliphatic rings. The molecule has 9 nitrogen and oxygen atoms in total. The van der Waals surface area contributed by atoms with Crippen LogP contribution in [0.2, 0.25) is 0 Å². The van der Waals surface area contributed by atoms with E-state index < -0.39 is 23.9 Å². The first-order valence-electron chi connectivity index (χ1n) is 9.66. The molecule has 0 fully saturated rings. The molecule has 166 valence electrons. The molecule has 0 spiro atoms. The number of oxime groups is 1. The van der Waals surface area contributed by atoms with Crippen molar-refractivity contribution in [1.29, 1.82) is 0 Å². The minimum absolute atomic E-state index is 0.0801. The van der Waals surface area contributed by atoms with Crippen molar-refractivity contribution in [1.82, 2.24) is 16.2 Å². The van der Waals surface area contributed by atoms with Crippen LogP contribution < -0.4 is 16.2 Å². The number of carbonyl (C=O) groups excluding carboxylic acids is 3. The van der Waals surface area contributed by atoms with Gasteiger partial charge in [0.05, 0.1) is 15.5 Å². The maximum Gasteiger partial charge on any atom is 0.408 e. The van der Waals surface area contributed by atoms with Crippen LogP contribution in [0.5, 0.6) is 0 Å². The number of hydrogen-bond acceptors (Lipinski definition) is 7. The lowest BCUT2D eigenvalue weighted by Crippen LogP contribution is -2.52. The number of alkyl carbamates (subject to hydrolysis) is 1. The van der Waals surface area contributed by atoms with E-state index in [1.165, 1.54) is 0 Å². The second-order valence-corrected chi connectivity index (χ2v) is 8.26. The number of amides is 3. The predicted octanol–water partition coefficient (Wildman–Crippen LogP) is 3.05. The van der Waals surface area contributed by atoms with E-state index in [-0.39, 0.29) is 12.5 Å². The molecule has 1 atom stereocenters. The SMILES string of the molecule is CC(=NO)c1ccc(C(=O)NNC(=O)[C@H](CC(C)C)NC(=O)OCc2ccccc2)s1. The number of rotatable bonds is 8. The fourth-order valence-corrected chi connectivity index (χ4v) is 3.42. The van der Waals surface area contributed by atoms with Crippen molar-refractivity contribution in [2.45, 2.75) is 39.8 Å². The molecule has 2 aromatic rings. The van der Waals surface area contributed by atoms with Crippen molar-refractivity contribution in [3.05, 3.63) is 57.8 Å². The van der Waals surface area contributed by atoms with Crippen LogP contribution in [0.1, 0.15) is 47.3 Å². The summed E-state index contributed by atoms with van der Waals surface area (Å²) in [6.45, 7) is 5.51. The molecule has 1 aromatic heterocycles. The van der Waals surface area contributed by atoms with E-state index in [0.717, 1.165) is 16.9 Å². The summed E-state index contributed by atoms with van der Waals surface area (Å²) in [6.07, 6.45) is -0.366. The molecule has 0 bridgehead atoms. The van der Waals surface area contributed by atoms with Crippen LogP contribution in [-0.2, 0) is 16.1 Å². The number of hydrogen-bond donors (Lipinski definition) is 4. The van der Waals surface area contributed by atoms with E-state index >= 15 is 0 Å². The van der Waals surface area contributed by atoms with Gasteiger partial charge in [-0.1, -0.05) is 49.3 Å².